The summed E-state index contributed by atoms with van der Waals surface area (Å²) in [6, 6.07) is 14.2. The summed E-state index contributed by atoms with van der Waals surface area (Å²) in [5, 5.41) is 9.65. The Morgan fingerprint density at radius 2 is 1.28 bits per heavy atom. The number of nitrogens with zero attached hydrogens (tertiary/aromatic N) is 1. The Hall–Kier alpha value is -4.70. The van der Waals surface area contributed by atoms with Crippen molar-refractivity contribution >= 4 is 29.3 Å². The molecule has 1 heterocycles. The van der Waals surface area contributed by atoms with E-state index in [9.17, 15) is 14.4 Å². The molecule has 1 unspecified atom stereocenters. The van der Waals surface area contributed by atoms with E-state index in [-0.39, 0.29) is 23.8 Å². The van der Waals surface area contributed by atoms with Crippen LogP contribution >= 0.6 is 11.6 Å². The van der Waals surface area contributed by atoms with Crippen LogP contribution in [0.1, 0.15) is 88.1 Å². The first-order chi connectivity index (χ1) is 28.2. The minimum absolute atomic E-state index is 0.0137. The molecule has 1 aliphatic heterocycles. The van der Waals surface area contributed by atoms with Gasteiger partial charge in [-0.05, 0) is 107 Å². The fourth-order valence-electron chi connectivity index (χ4n) is 5.96. The molecule has 0 bridgehead atoms. The highest BCUT2D eigenvalue weighted by Crippen LogP contribution is 2.20. The third-order valence-electron chi connectivity index (χ3n) is 9.38. The van der Waals surface area contributed by atoms with Crippen LogP contribution < -0.4 is 20.7 Å². The van der Waals surface area contributed by atoms with Gasteiger partial charge in [-0.25, -0.2) is 0 Å². The van der Waals surface area contributed by atoms with Gasteiger partial charge in [0.15, 0.2) is 5.60 Å². The van der Waals surface area contributed by atoms with Gasteiger partial charge in [-0.1, -0.05) is 104 Å². The van der Waals surface area contributed by atoms with Crippen LogP contribution in [0.2, 0.25) is 5.02 Å². The number of carbonyl (C=O) groups excluding carboxylic acids is 3. The Morgan fingerprint density at radius 1 is 0.741 bits per heavy atom. The van der Waals surface area contributed by atoms with Crippen molar-refractivity contribution in [1.82, 2.24) is 20.9 Å². The lowest BCUT2D eigenvalue weighted by molar-refractivity contribution is -0.134. The molecule has 0 aliphatic carbocycles. The minimum Gasteiger partial charge on any atom is -0.478 e. The largest absolute Gasteiger partial charge is 0.478 e. The second-order valence-corrected chi connectivity index (χ2v) is 15.0. The SMILES string of the molecule is CC/C=C\C/C=C\C/C=C\C/C=C\C/C=C\C/C=C\CCC(=O)NCC(CNC(=O)C(C)(C)Oc1ccc(CCNC(=O)c2ccc(Cl)cc2)cc1)N1CCOCC1. The van der Waals surface area contributed by atoms with E-state index in [0.29, 0.717) is 68.4 Å². The average molecular weight is 814 g/mol. The van der Waals surface area contributed by atoms with Gasteiger partial charge in [0.25, 0.3) is 11.8 Å². The quantitative estimate of drug-likeness (QED) is 0.0820. The van der Waals surface area contributed by atoms with E-state index in [2.05, 4.69) is 101 Å². The van der Waals surface area contributed by atoms with E-state index in [4.69, 9.17) is 21.1 Å². The molecule has 3 rings (SSSR count). The number of hydrogen-bond donors (Lipinski definition) is 3. The Labute approximate surface area is 352 Å². The number of hydrogen-bond acceptors (Lipinski definition) is 6. The average Bonchev–Trinajstić information content (AvgIpc) is 3.22. The highest BCUT2D eigenvalue weighted by Gasteiger charge is 2.31. The predicted molar refractivity (Wildman–Crippen MR) is 238 cm³/mol. The summed E-state index contributed by atoms with van der Waals surface area (Å²) in [5.74, 6) is 0.154. The molecule has 1 saturated heterocycles. The zero-order valence-corrected chi connectivity index (χ0v) is 35.6. The maximum absolute atomic E-state index is 13.4. The topological polar surface area (TPSA) is 109 Å². The maximum Gasteiger partial charge on any atom is 0.263 e. The van der Waals surface area contributed by atoms with Crippen LogP contribution in [0, 0.1) is 0 Å². The second-order valence-electron chi connectivity index (χ2n) is 14.5. The molecule has 1 fully saturated rings. The van der Waals surface area contributed by atoms with Crippen molar-refractivity contribution in [2.24, 2.45) is 0 Å². The van der Waals surface area contributed by atoms with Crippen LogP contribution in [-0.2, 0) is 20.7 Å². The third-order valence-corrected chi connectivity index (χ3v) is 9.63. The number of allylic oxidation sites excluding steroid dienone is 12. The molecule has 58 heavy (non-hydrogen) atoms. The van der Waals surface area contributed by atoms with E-state index < -0.39 is 5.60 Å². The molecule has 2 aromatic rings. The number of rotatable bonds is 26. The van der Waals surface area contributed by atoms with Gasteiger partial charge in [0, 0.05) is 55.8 Å². The number of amides is 3. The van der Waals surface area contributed by atoms with Gasteiger partial charge in [-0.15, -0.1) is 0 Å². The zero-order valence-electron chi connectivity index (χ0n) is 34.8. The van der Waals surface area contributed by atoms with Gasteiger partial charge in [-0.3, -0.25) is 19.3 Å². The molecule has 10 heteroatoms. The van der Waals surface area contributed by atoms with Crippen LogP contribution in [-0.4, -0.2) is 80.2 Å². The van der Waals surface area contributed by atoms with E-state index >= 15 is 0 Å². The van der Waals surface area contributed by atoms with E-state index in [1.54, 1.807) is 38.1 Å². The smallest absolute Gasteiger partial charge is 0.263 e. The molecule has 0 saturated carbocycles. The molecule has 1 aliphatic rings. The van der Waals surface area contributed by atoms with Crippen molar-refractivity contribution in [2.45, 2.75) is 90.2 Å². The Kier molecular flexibility index (Phi) is 23.6. The van der Waals surface area contributed by atoms with Crippen molar-refractivity contribution in [3.05, 3.63) is 138 Å². The Morgan fingerprint density at radius 3 is 1.84 bits per heavy atom. The molecule has 0 spiro atoms. The molecule has 314 valence electrons. The molecule has 0 radical (unpaired) electrons. The number of morpholine rings is 1. The number of halogens is 1. The van der Waals surface area contributed by atoms with Crippen molar-refractivity contribution in [2.75, 3.05) is 45.9 Å². The number of benzene rings is 2. The highest BCUT2D eigenvalue weighted by molar-refractivity contribution is 6.30. The van der Waals surface area contributed by atoms with Crippen molar-refractivity contribution in [3.8, 4) is 5.75 Å². The normalized spacial score (nSPS) is 14.7. The number of nitrogens with one attached hydrogen (secondary N) is 3. The monoisotopic (exact) mass is 812 g/mol. The lowest BCUT2D eigenvalue weighted by Crippen LogP contribution is -2.56. The summed E-state index contributed by atoms with van der Waals surface area (Å²) >= 11 is 5.91. The lowest BCUT2D eigenvalue weighted by Gasteiger charge is -2.35. The van der Waals surface area contributed by atoms with Crippen molar-refractivity contribution in [1.29, 1.82) is 0 Å². The fraction of sp³-hybridized carbons (Fsp3) is 0.438. The van der Waals surface area contributed by atoms with Gasteiger partial charge in [0.05, 0.1) is 13.2 Å². The Bertz CT molecular complexity index is 1670. The van der Waals surface area contributed by atoms with Crippen LogP contribution in [0.5, 0.6) is 5.75 Å². The van der Waals surface area contributed by atoms with Crippen LogP contribution in [0.4, 0.5) is 0 Å². The predicted octanol–water partition coefficient (Wildman–Crippen LogP) is 8.88. The van der Waals surface area contributed by atoms with Gasteiger partial charge in [0.1, 0.15) is 5.75 Å². The lowest BCUT2D eigenvalue weighted by atomic mass is 10.1. The second kappa shape index (κ2) is 28.7. The first-order valence-corrected chi connectivity index (χ1v) is 21.1. The summed E-state index contributed by atoms with van der Waals surface area (Å²) in [4.78, 5) is 40.7. The van der Waals surface area contributed by atoms with Gasteiger partial charge >= 0.3 is 0 Å². The number of carbonyl (C=O) groups is 3. The van der Waals surface area contributed by atoms with Gasteiger partial charge in [-0.2, -0.15) is 0 Å². The summed E-state index contributed by atoms with van der Waals surface area (Å²) < 4.78 is 11.7. The maximum atomic E-state index is 13.4. The highest BCUT2D eigenvalue weighted by atomic mass is 35.5. The summed E-state index contributed by atoms with van der Waals surface area (Å²) in [6.07, 6.45) is 33.5. The van der Waals surface area contributed by atoms with Crippen LogP contribution in [0.15, 0.2) is 121 Å². The minimum atomic E-state index is -1.13. The van der Waals surface area contributed by atoms with Gasteiger partial charge < -0.3 is 25.4 Å². The fourth-order valence-corrected chi connectivity index (χ4v) is 6.09. The molecular weight excluding hydrogens is 748 g/mol. The molecule has 2 aromatic carbocycles. The molecular formula is C48H65ClN4O5. The molecule has 1 atom stereocenters. The van der Waals surface area contributed by atoms with Crippen molar-refractivity contribution in [3.63, 3.8) is 0 Å². The van der Waals surface area contributed by atoms with E-state index in [1.807, 2.05) is 24.3 Å². The first kappa shape index (κ1) is 47.7. The summed E-state index contributed by atoms with van der Waals surface area (Å²) in [5.41, 5.74) is 0.451. The molecule has 0 aromatic heterocycles. The summed E-state index contributed by atoms with van der Waals surface area (Å²) in [6.45, 7) is 9.56. The molecule has 3 N–H and O–H groups in total. The summed E-state index contributed by atoms with van der Waals surface area (Å²) in [7, 11) is 0. The third kappa shape index (κ3) is 20.6. The van der Waals surface area contributed by atoms with Crippen LogP contribution in [0.3, 0.4) is 0 Å². The first-order valence-electron chi connectivity index (χ1n) is 20.8. The van der Waals surface area contributed by atoms with E-state index in [1.165, 1.54) is 0 Å². The zero-order chi connectivity index (χ0) is 41.7. The standard InChI is InChI=1S/C48H65ClN4O5/c1-4-5-6-7-8-9-10-11-12-13-14-15-16-17-18-19-20-21-22-23-45(54)51-38-43(53-34-36-57-37-35-53)39-52-47(56)48(2,3)58-44-30-24-40(25-31-44)32-33-50-46(55)41-26-28-42(49)29-27-41/h5-6,8-9,11-12,14-15,17-18,20-21,24-31,43H,4,7,10,13,16,19,22-23,32-39H2,1-3H3,(H,50,55)(H,51,54)(H,52,56)/b6-5-,9-8-,12-11-,15-14-,18-17-,21-20-. The molecule has 9 nitrogen and oxygen atoms in total. The van der Waals surface area contributed by atoms with Crippen LogP contribution in [0.25, 0.3) is 0 Å². The van der Waals surface area contributed by atoms with Crippen molar-refractivity contribution < 1.29 is 23.9 Å². The number of ether oxygens (including phenoxy) is 2. The van der Waals surface area contributed by atoms with Gasteiger partial charge in [0.2, 0.25) is 5.91 Å². The van der Waals surface area contributed by atoms with E-state index in [0.717, 1.165) is 57.2 Å². The Balaban J connectivity index is 1.33. The molecule has 3 amide bonds.